The van der Waals surface area contributed by atoms with Gasteiger partial charge in [-0.25, -0.2) is 4.98 Å². The zero-order valence-electron chi connectivity index (χ0n) is 15.0. The molecule has 0 fully saturated rings. The van der Waals surface area contributed by atoms with Crippen molar-refractivity contribution in [3.8, 4) is 0 Å². The zero-order chi connectivity index (χ0) is 18.4. The third-order valence-corrected chi connectivity index (χ3v) is 4.46. The van der Waals surface area contributed by atoms with Crippen molar-refractivity contribution in [3.63, 3.8) is 0 Å². The smallest absolute Gasteiger partial charge is 0.227 e. The van der Waals surface area contributed by atoms with Gasteiger partial charge in [-0.1, -0.05) is 29.8 Å². The van der Waals surface area contributed by atoms with Gasteiger partial charge in [0.15, 0.2) is 0 Å². The molecular formula is C20H22ClN5. The number of anilines is 2. The van der Waals surface area contributed by atoms with Gasteiger partial charge in [-0.2, -0.15) is 4.98 Å². The molecule has 0 aliphatic heterocycles. The number of benzene rings is 1. The highest BCUT2D eigenvalue weighted by molar-refractivity contribution is 6.31. The number of halogens is 1. The Morgan fingerprint density at radius 2 is 1.85 bits per heavy atom. The van der Waals surface area contributed by atoms with Gasteiger partial charge in [0.2, 0.25) is 5.95 Å². The van der Waals surface area contributed by atoms with Crippen LogP contribution in [0.3, 0.4) is 0 Å². The van der Waals surface area contributed by atoms with Crippen molar-refractivity contribution in [2.24, 2.45) is 0 Å². The number of rotatable bonds is 7. The van der Waals surface area contributed by atoms with Crippen molar-refractivity contribution in [2.45, 2.75) is 19.9 Å². The summed E-state index contributed by atoms with van der Waals surface area (Å²) in [7, 11) is 2.01. The van der Waals surface area contributed by atoms with Gasteiger partial charge in [0.05, 0.1) is 0 Å². The highest BCUT2D eigenvalue weighted by Crippen LogP contribution is 2.18. The lowest BCUT2D eigenvalue weighted by Crippen LogP contribution is -2.23. The van der Waals surface area contributed by atoms with Crippen LogP contribution in [-0.2, 0) is 13.0 Å². The number of nitrogens with one attached hydrogen (secondary N) is 1. The molecule has 5 nitrogen and oxygen atoms in total. The number of aryl methyl sites for hydroxylation is 1. The Morgan fingerprint density at radius 3 is 2.62 bits per heavy atom. The van der Waals surface area contributed by atoms with E-state index in [1.807, 2.05) is 68.8 Å². The second-order valence-corrected chi connectivity index (χ2v) is 6.57. The summed E-state index contributed by atoms with van der Waals surface area (Å²) in [5.41, 5.74) is 3.21. The summed E-state index contributed by atoms with van der Waals surface area (Å²) in [6.07, 6.45) is 4.54. The molecule has 0 aliphatic rings. The zero-order valence-corrected chi connectivity index (χ0v) is 15.7. The van der Waals surface area contributed by atoms with Gasteiger partial charge >= 0.3 is 0 Å². The molecule has 6 heteroatoms. The van der Waals surface area contributed by atoms with Crippen molar-refractivity contribution in [2.75, 3.05) is 23.8 Å². The van der Waals surface area contributed by atoms with Crippen molar-refractivity contribution >= 4 is 23.4 Å². The molecule has 0 amide bonds. The van der Waals surface area contributed by atoms with Crippen LogP contribution in [0.25, 0.3) is 0 Å². The van der Waals surface area contributed by atoms with Gasteiger partial charge in [0, 0.05) is 49.3 Å². The minimum absolute atomic E-state index is 0.621. The lowest BCUT2D eigenvalue weighted by Gasteiger charge is -2.18. The van der Waals surface area contributed by atoms with Gasteiger partial charge in [0.25, 0.3) is 0 Å². The highest BCUT2D eigenvalue weighted by atomic mass is 35.5. The summed E-state index contributed by atoms with van der Waals surface area (Å²) in [6.45, 7) is 3.43. The molecule has 2 heterocycles. The molecule has 26 heavy (non-hydrogen) atoms. The molecule has 0 unspecified atom stereocenters. The Labute approximate surface area is 159 Å². The maximum Gasteiger partial charge on any atom is 0.227 e. The van der Waals surface area contributed by atoms with Crippen molar-refractivity contribution in [1.29, 1.82) is 0 Å². The molecule has 1 aromatic carbocycles. The van der Waals surface area contributed by atoms with E-state index in [1.165, 1.54) is 5.56 Å². The van der Waals surface area contributed by atoms with Crippen LogP contribution in [0.1, 0.15) is 16.8 Å². The number of nitrogens with zero attached hydrogens (tertiary/aromatic N) is 4. The van der Waals surface area contributed by atoms with E-state index >= 15 is 0 Å². The standard InChI is InChI=1S/C20H22ClN5/c1-15-13-19(23-14-17-5-3-4-6-18(17)21)25-20(24-15)26(2)12-9-16-7-10-22-11-8-16/h3-8,10-11,13H,9,12,14H2,1-2H3,(H,23,24,25). The third kappa shape index (κ3) is 4.92. The molecular weight excluding hydrogens is 346 g/mol. The minimum Gasteiger partial charge on any atom is -0.366 e. The van der Waals surface area contributed by atoms with E-state index in [9.17, 15) is 0 Å². The maximum atomic E-state index is 6.22. The first-order valence-corrected chi connectivity index (χ1v) is 8.92. The van der Waals surface area contributed by atoms with Crippen molar-refractivity contribution in [1.82, 2.24) is 15.0 Å². The summed E-state index contributed by atoms with van der Waals surface area (Å²) in [5.74, 6) is 1.50. The molecule has 134 valence electrons. The first kappa shape index (κ1) is 18.1. The Morgan fingerprint density at radius 1 is 1.08 bits per heavy atom. The van der Waals surface area contributed by atoms with E-state index in [2.05, 4.69) is 25.2 Å². The van der Waals surface area contributed by atoms with Gasteiger partial charge < -0.3 is 10.2 Å². The van der Waals surface area contributed by atoms with Crippen molar-refractivity contribution in [3.05, 3.63) is 76.7 Å². The molecule has 0 saturated heterocycles. The monoisotopic (exact) mass is 367 g/mol. The van der Waals surface area contributed by atoms with Gasteiger partial charge in [-0.3, -0.25) is 4.98 Å². The normalized spacial score (nSPS) is 10.6. The van der Waals surface area contributed by atoms with Crippen LogP contribution in [-0.4, -0.2) is 28.5 Å². The fourth-order valence-corrected chi connectivity index (χ4v) is 2.79. The van der Waals surface area contributed by atoms with E-state index in [-0.39, 0.29) is 0 Å². The van der Waals surface area contributed by atoms with E-state index in [0.29, 0.717) is 12.5 Å². The van der Waals surface area contributed by atoms with Crippen LogP contribution in [0.15, 0.2) is 54.9 Å². The predicted octanol–water partition coefficient (Wildman–Crippen LogP) is 4.12. The third-order valence-electron chi connectivity index (χ3n) is 4.09. The quantitative estimate of drug-likeness (QED) is 0.680. The second-order valence-electron chi connectivity index (χ2n) is 6.17. The fraction of sp³-hybridized carbons (Fsp3) is 0.250. The Balaban J connectivity index is 1.65. The lowest BCUT2D eigenvalue weighted by molar-refractivity contribution is 0.831. The summed E-state index contributed by atoms with van der Waals surface area (Å²) in [5, 5.41) is 4.09. The average Bonchev–Trinajstić information content (AvgIpc) is 2.66. The van der Waals surface area contributed by atoms with Crippen LogP contribution in [0.2, 0.25) is 5.02 Å². The molecule has 0 atom stereocenters. The lowest BCUT2D eigenvalue weighted by atomic mass is 10.2. The average molecular weight is 368 g/mol. The molecule has 0 aliphatic carbocycles. The second kappa shape index (κ2) is 8.63. The van der Waals surface area contributed by atoms with Gasteiger partial charge in [-0.05, 0) is 42.7 Å². The van der Waals surface area contributed by atoms with E-state index < -0.39 is 0 Å². The molecule has 0 bridgehead atoms. The maximum absolute atomic E-state index is 6.22. The Hall–Kier alpha value is -2.66. The Kier molecular flexibility index (Phi) is 6.02. The number of hydrogen-bond acceptors (Lipinski definition) is 5. The SMILES string of the molecule is Cc1cc(NCc2ccccc2Cl)nc(N(C)CCc2ccncc2)n1. The van der Waals surface area contributed by atoms with Gasteiger partial charge in [0.1, 0.15) is 5.82 Å². The fourth-order valence-electron chi connectivity index (χ4n) is 2.59. The molecule has 0 radical (unpaired) electrons. The highest BCUT2D eigenvalue weighted by Gasteiger charge is 2.08. The topological polar surface area (TPSA) is 53.9 Å². The molecule has 3 aromatic rings. The summed E-state index contributed by atoms with van der Waals surface area (Å²) < 4.78 is 0. The van der Waals surface area contributed by atoms with Crippen LogP contribution in [0.4, 0.5) is 11.8 Å². The summed E-state index contributed by atoms with van der Waals surface area (Å²) in [4.78, 5) is 15.3. The summed E-state index contributed by atoms with van der Waals surface area (Å²) >= 11 is 6.22. The minimum atomic E-state index is 0.621. The number of likely N-dealkylation sites (N-methyl/N-ethyl adjacent to an activating group) is 1. The van der Waals surface area contributed by atoms with Crippen LogP contribution in [0, 0.1) is 6.92 Å². The predicted molar refractivity (Wildman–Crippen MR) is 107 cm³/mol. The number of hydrogen-bond donors (Lipinski definition) is 1. The molecule has 3 rings (SSSR count). The summed E-state index contributed by atoms with van der Waals surface area (Å²) in [6, 6.07) is 13.8. The first-order valence-electron chi connectivity index (χ1n) is 8.55. The largest absolute Gasteiger partial charge is 0.366 e. The van der Waals surface area contributed by atoms with E-state index in [4.69, 9.17) is 11.6 Å². The molecule has 0 saturated carbocycles. The van der Waals surface area contributed by atoms with E-state index in [1.54, 1.807) is 0 Å². The van der Waals surface area contributed by atoms with Crippen LogP contribution < -0.4 is 10.2 Å². The van der Waals surface area contributed by atoms with E-state index in [0.717, 1.165) is 35.1 Å². The van der Waals surface area contributed by atoms with Gasteiger partial charge in [-0.15, -0.1) is 0 Å². The van der Waals surface area contributed by atoms with Crippen LogP contribution in [0.5, 0.6) is 0 Å². The Bertz CT molecular complexity index is 854. The number of pyridine rings is 1. The molecule has 1 N–H and O–H groups in total. The van der Waals surface area contributed by atoms with Crippen LogP contribution >= 0.6 is 11.6 Å². The first-order chi connectivity index (χ1) is 12.6. The molecule has 0 spiro atoms. The number of aromatic nitrogens is 3. The van der Waals surface area contributed by atoms with Crippen molar-refractivity contribution < 1.29 is 0 Å². The molecule has 2 aromatic heterocycles.